The van der Waals surface area contributed by atoms with Gasteiger partial charge in [0.25, 0.3) is 0 Å². The summed E-state index contributed by atoms with van der Waals surface area (Å²) < 4.78 is 32.4. The molecule has 1 aromatic carbocycles. The van der Waals surface area contributed by atoms with Crippen molar-refractivity contribution in [1.29, 1.82) is 0 Å². The monoisotopic (exact) mass is 348 g/mol. The molecule has 1 fully saturated rings. The number of piperidine rings is 1. The molecule has 0 spiro atoms. The summed E-state index contributed by atoms with van der Waals surface area (Å²) in [4.78, 5) is 0.314. The number of benzene rings is 1. The van der Waals surface area contributed by atoms with Crippen LogP contribution in [0.25, 0.3) is 0 Å². The van der Waals surface area contributed by atoms with E-state index in [1.54, 1.807) is 29.6 Å². The number of ether oxygens (including phenoxy) is 1. The Hall–Kier alpha value is -0.820. The summed E-state index contributed by atoms with van der Waals surface area (Å²) in [7, 11) is -1.92. The average Bonchev–Trinajstić information content (AvgIpc) is 2.46. The molecule has 1 aromatic rings. The van der Waals surface area contributed by atoms with Crippen molar-refractivity contribution in [2.24, 2.45) is 11.7 Å². The molecule has 1 aliphatic rings. The third-order valence-corrected chi connectivity index (χ3v) is 6.12. The van der Waals surface area contributed by atoms with Gasteiger partial charge in [-0.1, -0.05) is 6.92 Å². The molecule has 2 atom stereocenters. The van der Waals surface area contributed by atoms with Crippen molar-refractivity contribution in [1.82, 2.24) is 4.31 Å². The maximum Gasteiger partial charge on any atom is 0.243 e. The predicted molar refractivity (Wildman–Crippen MR) is 90.1 cm³/mol. The predicted octanol–water partition coefficient (Wildman–Crippen LogP) is 2.17. The molecular formula is C15H25ClN2O3S. The fourth-order valence-electron chi connectivity index (χ4n) is 2.91. The normalized spacial score (nSPS) is 22.9. The van der Waals surface area contributed by atoms with Crippen molar-refractivity contribution in [2.45, 2.75) is 37.6 Å². The molecule has 0 aliphatic carbocycles. The van der Waals surface area contributed by atoms with Crippen LogP contribution < -0.4 is 10.5 Å². The quantitative estimate of drug-likeness (QED) is 0.905. The Bertz CT molecular complexity index is 607. The number of nitrogens with zero attached hydrogens (tertiary/aromatic N) is 1. The first-order chi connectivity index (χ1) is 9.90. The fraction of sp³-hybridized carbons (Fsp3) is 0.600. The van der Waals surface area contributed by atoms with Crippen LogP contribution in [0.2, 0.25) is 0 Å². The highest BCUT2D eigenvalue weighted by Gasteiger charge is 2.35. The minimum Gasteiger partial charge on any atom is -0.496 e. The lowest BCUT2D eigenvalue weighted by atomic mass is 9.94. The summed E-state index contributed by atoms with van der Waals surface area (Å²) in [6.45, 7) is 4.88. The van der Waals surface area contributed by atoms with E-state index in [0.29, 0.717) is 29.7 Å². The molecule has 1 aliphatic heterocycles. The first-order valence-corrected chi connectivity index (χ1v) is 8.70. The molecule has 0 amide bonds. The van der Waals surface area contributed by atoms with Crippen molar-refractivity contribution in [2.75, 3.05) is 20.2 Å². The van der Waals surface area contributed by atoms with Crippen molar-refractivity contribution in [3.63, 3.8) is 0 Å². The number of methoxy groups -OCH3 is 1. The van der Waals surface area contributed by atoms with Crippen LogP contribution in [0.4, 0.5) is 0 Å². The maximum absolute atomic E-state index is 12.8. The second kappa shape index (κ2) is 7.64. The van der Waals surface area contributed by atoms with Crippen LogP contribution in [0.5, 0.6) is 5.75 Å². The number of hydrogen-bond acceptors (Lipinski definition) is 4. The lowest BCUT2D eigenvalue weighted by molar-refractivity contribution is 0.211. The number of nitrogens with two attached hydrogens (primary N) is 1. The van der Waals surface area contributed by atoms with E-state index in [2.05, 4.69) is 6.92 Å². The van der Waals surface area contributed by atoms with Crippen molar-refractivity contribution < 1.29 is 13.2 Å². The number of rotatable bonds is 4. The Morgan fingerprint density at radius 1 is 1.41 bits per heavy atom. The van der Waals surface area contributed by atoms with Crippen molar-refractivity contribution >= 4 is 22.4 Å². The van der Waals surface area contributed by atoms with Crippen LogP contribution >= 0.6 is 12.4 Å². The number of hydrogen-bond donors (Lipinski definition) is 1. The van der Waals surface area contributed by atoms with Gasteiger partial charge in [-0.3, -0.25) is 0 Å². The molecule has 2 unspecified atom stereocenters. The standard InChI is InChI=1S/C15H24N2O3S.ClH/c1-11-6-7-17(13(8-11)10-16)21(18,19)14-4-5-15(20-3)12(2)9-14;/h4-5,9,11,13H,6-8,10,16H2,1-3H3;1H. The number of halogens is 1. The Labute approximate surface area is 139 Å². The van der Waals surface area contributed by atoms with Gasteiger partial charge in [-0.2, -0.15) is 4.31 Å². The zero-order valence-electron chi connectivity index (χ0n) is 13.3. The van der Waals surface area contributed by atoms with Crippen molar-refractivity contribution in [3.05, 3.63) is 23.8 Å². The van der Waals surface area contributed by atoms with Crippen LogP contribution in [-0.2, 0) is 10.0 Å². The molecule has 22 heavy (non-hydrogen) atoms. The molecule has 2 N–H and O–H groups in total. The second-order valence-electron chi connectivity index (χ2n) is 5.77. The lowest BCUT2D eigenvalue weighted by Gasteiger charge is -2.36. The van der Waals surface area contributed by atoms with Gasteiger partial charge in [-0.15, -0.1) is 12.4 Å². The molecule has 7 heteroatoms. The second-order valence-corrected chi connectivity index (χ2v) is 7.66. The van der Waals surface area contributed by atoms with Gasteiger partial charge in [0.1, 0.15) is 5.75 Å². The summed E-state index contributed by atoms with van der Waals surface area (Å²) >= 11 is 0. The smallest absolute Gasteiger partial charge is 0.243 e. The van der Waals surface area contributed by atoms with Crippen LogP contribution in [0, 0.1) is 12.8 Å². The zero-order chi connectivity index (χ0) is 15.6. The van der Waals surface area contributed by atoms with Gasteiger partial charge >= 0.3 is 0 Å². The summed E-state index contributed by atoms with van der Waals surface area (Å²) in [5, 5.41) is 0. The molecular weight excluding hydrogens is 324 g/mol. The topological polar surface area (TPSA) is 72.6 Å². The summed E-state index contributed by atoms with van der Waals surface area (Å²) in [5.74, 6) is 1.21. The molecule has 5 nitrogen and oxygen atoms in total. The van der Waals surface area contributed by atoms with E-state index in [0.717, 1.165) is 18.4 Å². The Balaban J connectivity index is 0.00000242. The summed E-state index contributed by atoms with van der Waals surface area (Å²) in [5.41, 5.74) is 6.59. The van der Waals surface area contributed by atoms with E-state index in [1.807, 2.05) is 6.92 Å². The maximum atomic E-state index is 12.8. The minimum atomic E-state index is -3.50. The van der Waals surface area contributed by atoms with Gasteiger partial charge in [0, 0.05) is 19.1 Å². The van der Waals surface area contributed by atoms with E-state index in [4.69, 9.17) is 10.5 Å². The van der Waals surface area contributed by atoms with E-state index in [1.165, 1.54) is 0 Å². The SMILES string of the molecule is COc1ccc(S(=O)(=O)N2CCC(C)CC2CN)cc1C.Cl. The van der Waals surface area contributed by atoms with Gasteiger partial charge in [0.15, 0.2) is 0 Å². The molecule has 0 radical (unpaired) electrons. The lowest BCUT2D eigenvalue weighted by Crippen LogP contribution is -2.49. The van der Waals surface area contributed by atoms with Crippen LogP contribution in [0.3, 0.4) is 0 Å². The van der Waals surface area contributed by atoms with E-state index in [9.17, 15) is 8.42 Å². The molecule has 0 saturated carbocycles. The molecule has 0 aromatic heterocycles. The zero-order valence-corrected chi connectivity index (χ0v) is 14.9. The van der Waals surface area contributed by atoms with Crippen LogP contribution in [0.15, 0.2) is 23.1 Å². The average molecular weight is 349 g/mol. The third-order valence-electron chi connectivity index (χ3n) is 4.17. The van der Waals surface area contributed by atoms with E-state index < -0.39 is 10.0 Å². The van der Waals surface area contributed by atoms with E-state index >= 15 is 0 Å². The van der Waals surface area contributed by atoms with Gasteiger partial charge in [-0.25, -0.2) is 8.42 Å². The number of aryl methyl sites for hydroxylation is 1. The largest absolute Gasteiger partial charge is 0.496 e. The highest BCUT2D eigenvalue weighted by molar-refractivity contribution is 7.89. The number of sulfonamides is 1. The van der Waals surface area contributed by atoms with Crippen LogP contribution in [-0.4, -0.2) is 39.0 Å². The first-order valence-electron chi connectivity index (χ1n) is 7.26. The third kappa shape index (κ3) is 3.74. The molecule has 0 bridgehead atoms. The van der Waals surface area contributed by atoms with E-state index in [-0.39, 0.29) is 18.4 Å². The Morgan fingerprint density at radius 3 is 2.64 bits per heavy atom. The summed E-state index contributed by atoms with van der Waals surface area (Å²) in [6.07, 6.45) is 1.70. The Morgan fingerprint density at radius 2 is 2.09 bits per heavy atom. The molecule has 1 heterocycles. The fourth-order valence-corrected chi connectivity index (χ4v) is 4.65. The van der Waals surface area contributed by atoms with Gasteiger partial charge in [0.05, 0.1) is 12.0 Å². The molecule has 2 rings (SSSR count). The highest BCUT2D eigenvalue weighted by Crippen LogP contribution is 2.29. The van der Waals surface area contributed by atoms with Gasteiger partial charge < -0.3 is 10.5 Å². The molecule has 1 saturated heterocycles. The van der Waals surface area contributed by atoms with Gasteiger partial charge in [0.2, 0.25) is 10.0 Å². The Kier molecular flexibility index (Phi) is 6.67. The summed E-state index contributed by atoms with van der Waals surface area (Å²) in [6, 6.07) is 4.86. The van der Waals surface area contributed by atoms with Crippen LogP contribution in [0.1, 0.15) is 25.3 Å². The highest BCUT2D eigenvalue weighted by atomic mass is 35.5. The molecule has 126 valence electrons. The minimum absolute atomic E-state index is 0. The van der Waals surface area contributed by atoms with Crippen molar-refractivity contribution in [3.8, 4) is 5.75 Å². The first kappa shape index (κ1) is 19.2. The van der Waals surface area contributed by atoms with Gasteiger partial charge in [-0.05, 0) is 49.4 Å².